The van der Waals surface area contributed by atoms with E-state index in [1.54, 1.807) is 0 Å². The van der Waals surface area contributed by atoms with Crippen LogP contribution in [0.3, 0.4) is 0 Å². The quantitative estimate of drug-likeness (QED) is 0.188. The molecule has 3 aromatic rings. The molecule has 0 saturated heterocycles. The normalized spacial score (nSPS) is 17.4. The van der Waals surface area contributed by atoms with Crippen LogP contribution in [0.1, 0.15) is 39.9 Å². The second-order valence-corrected chi connectivity index (χ2v) is 11.3. The number of aryl methyl sites for hydroxylation is 1. The Morgan fingerprint density at radius 3 is 2.17 bits per heavy atom. The van der Waals surface area contributed by atoms with Crippen LogP contribution < -0.4 is 16.0 Å². The lowest BCUT2D eigenvalue weighted by atomic mass is 10.0. The number of nitrogens with one attached hydrogen (secondary N) is 3. The first kappa shape index (κ1) is 31.5. The molecule has 2 atom stereocenters. The Hall–Kier alpha value is -3.48. The van der Waals surface area contributed by atoms with Gasteiger partial charge in [-0.15, -0.1) is 23.2 Å². The van der Waals surface area contributed by atoms with Gasteiger partial charge < -0.3 is 16.0 Å². The summed E-state index contributed by atoms with van der Waals surface area (Å²) in [6, 6.07) is 6.40. The molecule has 0 aromatic heterocycles. The van der Waals surface area contributed by atoms with Crippen molar-refractivity contribution >= 4 is 69.6 Å². The molecule has 0 bridgehead atoms. The Balaban J connectivity index is 1.58. The molecule has 4 rings (SSSR count). The van der Waals surface area contributed by atoms with Crippen molar-refractivity contribution in [2.75, 3.05) is 16.0 Å². The number of benzene rings is 3. The van der Waals surface area contributed by atoms with E-state index in [4.69, 9.17) is 34.8 Å². The van der Waals surface area contributed by atoms with Crippen molar-refractivity contribution in [3.8, 4) is 0 Å². The number of amides is 3. The molecule has 3 aromatic carbocycles. The maximum atomic E-state index is 14.8. The van der Waals surface area contributed by atoms with E-state index in [1.165, 1.54) is 13.0 Å². The Bertz CT molecular complexity index is 1630. The Labute approximate surface area is 249 Å². The summed E-state index contributed by atoms with van der Waals surface area (Å²) < 4.78 is 80.6. The van der Waals surface area contributed by atoms with Crippen molar-refractivity contribution in [1.82, 2.24) is 0 Å². The van der Waals surface area contributed by atoms with Crippen LogP contribution >= 0.6 is 34.8 Å². The summed E-state index contributed by atoms with van der Waals surface area (Å²) in [5.74, 6) is -8.86. The average Bonchev–Trinajstić information content (AvgIpc) is 3.46. The zero-order valence-corrected chi connectivity index (χ0v) is 23.6. The van der Waals surface area contributed by atoms with Gasteiger partial charge in [0.2, 0.25) is 11.8 Å². The fourth-order valence-electron chi connectivity index (χ4n) is 4.38. The number of halogens is 9. The fourth-order valence-corrected chi connectivity index (χ4v) is 5.41. The van der Waals surface area contributed by atoms with Crippen LogP contribution in [0.2, 0.25) is 5.02 Å². The first-order chi connectivity index (χ1) is 19.4. The zero-order valence-electron chi connectivity index (χ0n) is 21.3. The lowest BCUT2D eigenvalue weighted by Crippen LogP contribution is -2.19. The van der Waals surface area contributed by atoms with E-state index in [0.29, 0.717) is 12.1 Å². The molecule has 15 heteroatoms. The highest BCUT2D eigenvalue weighted by molar-refractivity contribution is 6.53. The van der Waals surface area contributed by atoms with E-state index in [0.717, 1.165) is 31.2 Å². The Morgan fingerprint density at radius 2 is 1.55 bits per heavy atom. The van der Waals surface area contributed by atoms with Crippen molar-refractivity contribution < 1.29 is 40.7 Å². The second kappa shape index (κ2) is 11.3. The highest BCUT2D eigenvalue weighted by Crippen LogP contribution is 2.65. The number of rotatable bonds is 6. The zero-order chi connectivity index (χ0) is 31.3. The van der Waals surface area contributed by atoms with Crippen molar-refractivity contribution in [3.05, 3.63) is 87.2 Å². The summed E-state index contributed by atoms with van der Waals surface area (Å²) in [6.07, 6.45) is -5.00. The van der Waals surface area contributed by atoms with Gasteiger partial charge >= 0.3 is 6.18 Å². The average molecular weight is 653 g/mol. The van der Waals surface area contributed by atoms with Crippen LogP contribution in [0.4, 0.5) is 43.4 Å². The van der Waals surface area contributed by atoms with E-state index >= 15 is 0 Å². The number of alkyl halides is 5. The number of carbonyl (C=O) groups is 3. The lowest BCUT2D eigenvalue weighted by Gasteiger charge is -2.14. The largest absolute Gasteiger partial charge is 0.419 e. The summed E-state index contributed by atoms with van der Waals surface area (Å²) in [6.45, 7) is 2.57. The van der Waals surface area contributed by atoms with Gasteiger partial charge in [0.25, 0.3) is 5.91 Å². The van der Waals surface area contributed by atoms with Crippen molar-refractivity contribution in [2.45, 2.75) is 30.3 Å². The molecule has 1 aliphatic rings. The van der Waals surface area contributed by atoms with Gasteiger partial charge in [-0.05, 0) is 54.4 Å². The first-order valence-electron chi connectivity index (χ1n) is 11.9. The van der Waals surface area contributed by atoms with Gasteiger partial charge in [-0.2, -0.15) is 13.2 Å². The van der Waals surface area contributed by atoms with Crippen LogP contribution in [0, 0.1) is 30.3 Å². The van der Waals surface area contributed by atoms with Gasteiger partial charge in [0.15, 0.2) is 5.82 Å². The van der Waals surface area contributed by atoms with Crippen molar-refractivity contribution in [1.29, 1.82) is 0 Å². The maximum absolute atomic E-state index is 14.8. The van der Waals surface area contributed by atoms with E-state index in [2.05, 4.69) is 16.0 Å². The van der Waals surface area contributed by atoms with Crippen molar-refractivity contribution in [2.24, 2.45) is 5.92 Å². The minimum Gasteiger partial charge on any atom is -0.326 e. The summed E-state index contributed by atoms with van der Waals surface area (Å²) in [5, 5.41) is 6.54. The number of hydrogen-bond donors (Lipinski definition) is 3. The molecule has 3 amide bonds. The molecule has 0 unspecified atom stereocenters. The standard InChI is InChI=1S/C27H18Cl3F6N3O3/c1-10-7-13(9-14(21(10)28)24(41)39-23-17(32)5-6-18(22(23)33)37-11(2)40)38-25(42)20-19(26(20,29)30)12-3-4-16(31)15(8-12)27(34,35)36/h3-9,19-20H,1-2H3,(H,37,40)(H,38,42)(H,39,41)/t19-,20+/m0/s1. The van der Waals surface area contributed by atoms with Gasteiger partial charge in [-0.1, -0.05) is 17.7 Å². The number of carbonyl (C=O) groups excluding carboxylic acids is 3. The summed E-state index contributed by atoms with van der Waals surface area (Å²) in [4.78, 5) is 37.3. The van der Waals surface area contributed by atoms with E-state index in [9.17, 15) is 40.7 Å². The van der Waals surface area contributed by atoms with Crippen molar-refractivity contribution in [3.63, 3.8) is 0 Å². The molecule has 0 heterocycles. The molecule has 1 aliphatic carbocycles. The third-order valence-corrected chi connectivity index (χ3v) is 7.84. The highest BCUT2D eigenvalue weighted by atomic mass is 35.5. The van der Waals surface area contributed by atoms with Crippen LogP contribution in [-0.4, -0.2) is 22.1 Å². The minimum atomic E-state index is -5.00. The predicted molar refractivity (Wildman–Crippen MR) is 146 cm³/mol. The molecule has 1 fully saturated rings. The molecular weight excluding hydrogens is 635 g/mol. The second-order valence-electron chi connectivity index (χ2n) is 9.43. The molecule has 0 radical (unpaired) electrons. The van der Waals surface area contributed by atoms with Gasteiger partial charge in [-0.3, -0.25) is 14.4 Å². The summed E-state index contributed by atoms with van der Waals surface area (Å²) >= 11 is 18.7. The van der Waals surface area contributed by atoms with E-state index < -0.39 is 74.5 Å². The fraction of sp³-hybridized carbons (Fsp3) is 0.222. The van der Waals surface area contributed by atoms with Gasteiger partial charge in [0.05, 0.1) is 27.8 Å². The number of hydrogen-bond acceptors (Lipinski definition) is 3. The molecule has 1 saturated carbocycles. The van der Waals surface area contributed by atoms with Crippen LogP contribution in [-0.2, 0) is 15.8 Å². The lowest BCUT2D eigenvalue weighted by molar-refractivity contribution is -0.140. The predicted octanol–water partition coefficient (Wildman–Crippen LogP) is 7.82. The summed E-state index contributed by atoms with van der Waals surface area (Å²) in [5.41, 5.74) is -3.00. The third kappa shape index (κ3) is 6.16. The summed E-state index contributed by atoms with van der Waals surface area (Å²) in [7, 11) is 0. The monoisotopic (exact) mass is 651 g/mol. The maximum Gasteiger partial charge on any atom is 0.419 e. The Morgan fingerprint density at radius 1 is 0.905 bits per heavy atom. The van der Waals surface area contributed by atoms with E-state index in [1.807, 2.05) is 0 Å². The molecule has 0 spiro atoms. The molecule has 6 nitrogen and oxygen atoms in total. The molecule has 0 aliphatic heterocycles. The first-order valence-corrected chi connectivity index (χ1v) is 13.0. The van der Waals surface area contributed by atoms with Crippen LogP contribution in [0.25, 0.3) is 0 Å². The molecule has 3 N–H and O–H groups in total. The molecular formula is C27H18Cl3F6N3O3. The van der Waals surface area contributed by atoms with Gasteiger partial charge in [0, 0.05) is 18.5 Å². The number of anilines is 3. The third-order valence-electron chi connectivity index (χ3n) is 6.40. The smallest absolute Gasteiger partial charge is 0.326 e. The SMILES string of the molecule is CC(=O)Nc1ccc(F)c(NC(=O)c2cc(NC(=O)[C@H]3[C@H](c4ccc(F)c(C(F)(F)F)c4)C3(Cl)Cl)cc(C)c2Cl)c1F. The van der Waals surface area contributed by atoms with Gasteiger partial charge in [0.1, 0.15) is 21.7 Å². The topological polar surface area (TPSA) is 87.3 Å². The van der Waals surface area contributed by atoms with Crippen LogP contribution in [0.5, 0.6) is 0 Å². The molecule has 42 heavy (non-hydrogen) atoms. The van der Waals surface area contributed by atoms with Gasteiger partial charge in [-0.25, -0.2) is 13.2 Å². The highest BCUT2D eigenvalue weighted by Gasteiger charge is 2.67. The minimum absolute atomic E-state index is 0.0233. The Kier molecular flexibility index (Phi) is 8.47. The van der Waals surface area contributed by atoms with E-state index in [-0.39, 0.29) is 27.4 Å². The van der Waals surface area contributed by atoms with Crippen LogP contribution in [0.15, 0.2) is 42.5 Å². The molecule has 222 valence electrons.